The SMILES string of the molecule is COc1ccc(-c2cc(C)nc3c(-c4ccc(-n5cccn5)cc4C)nn(C)c23)c(OC)c1. The van der Waals surface area contributed by atoms with Crippen LogP contribution in [-0.4, -0.2) is 38.8 Å². The monoisotopic (exact) mass is 439 g/mol. The summed E-state index contributed by atoms with van der Waals surface area (Å²) in [5, 5.41) is 9.23. The standard InChI is InChI=1S/C26H25N5O2/c1-16-13-18(31-12-6-11-27-31)7-9-20(16)24-25-26(30(3)29-24)22(14-17(2)28-25)21-10-8-19(32-4)15-23(21)33-5/h6-15H,1-5H3. The summed E-state index contributed by atoms with van der Waals surface area (Å²) < 4.78 is 14.8. The van der Waals surface area contributed by atoms with Gasteiger partial charge in [0.05, 0.1) is 25.4 Å². The molecule has 0 atom stereocenters. The van der Waals surface area contributed by atoms with Gasteiger partial charge >= 0.3 is 0 Å². The number of aryl methyl sites for hydroxylation is 3. The highest BCUT2D eigenvalue weighted by Crippen LogP contribution is 2.40. The molecule has 5 aromatic rings. The van der Waals surface area contributed by atoms with Crippen molar-refractivity contribution in [2.75, 3.05) is 14.2 Å². The van der Waals surface area contributed by atoms with Crippen LogP contribution in [0.3, 0.4) is 0 Å². The van der Waals surface area contributed by atoms with Crippen molar-refractivity contribution in [3.8, 4) is 39.6 Å². The minimum atomic E-state index is 0.740. The fourth-order valence-corrected chi connectivity index (χ4v) is 4.29. The Kier molecular flexibility index (Phi) is 5.09. The summed E-state index contributed by atoms with van der Waals surface area (Å²) in [6.07, 6.45) is 3.71. The van der Waals surface area contributed by atoms with Gasteiger partial charge in [-0.05, 0) is 55.8 Å². The molecule has 3 aromatic heterocycles. The summed E-state index contributed by atoms with van der Waals surface area (Å²) in [7, 11) is 5.27. The first-order chi connectivity index (χ1) is 16.0. The average molecular weight is 440 g/mol. The molecule has 0 N–H and O–H groups in total. The van der Waals surface area contributed by atoms with Crippen LogP contribution >= 0.6 is 0 Å². The number of benzene rings is 2. The number of hydrogen-bond acceptors (Lipinski definition) is 5. The number of methoxy groups -OCH3 is 2. The van der Waals surface area contributed by atoms with Crippen molar-refractivity contribution in [2.24, 2.45) is 7.05 Å². The smallest absolute Gasteiger partial charge is 0.130 e. The van der Waals surface area contributed by atoms with E-state index in [0.29, 0.717) is 0 Å². The topological polar surface area (TPSA) is 67.0 Å². The largest absolute Gasteiger partial charge is 0.497 e. The molecule has 0 radical (unpaired) electrons. The molecular formula is C26H25N5O2. The summed E-state index contributed by atoms with van der Waals surface area (Å²) in [6, 6.07) is 16.1. The lowest BCUT2D eigenvalue weighted by atomic mass is 10.00. The Bertz CT molecular complexity index is 1470. The van der Waals surface area contributed by atoms with Crippen molar-refractivity contribution in [3.63, 3.8) is 0 Å². The number of aromatic nitrogens is 5. The Hall–Kier alpha value is -4.13. The Morgan fingerprint density at radius 2 is 1.70 bits per heavy atom. The number of nitrogens with zero attached hydrogens (tertiary/aromatic N) is 5. The van der Waals surface area contributed by atoms with E-state index >= 15 is 0 Å². The van der Waals surface area contributed by atoms with Crippen molar-refractivity contribution in [2.45, 2.75) is 13.8 Å². The maximum Gasteiger partial charge on any atom is 0.130 e. The number of ether oxygens (including phenoxy) is 2. The highest BCUT2D eigenvalue weighted by molar-refractivity contribution is 6.00. The van der Waals surface area contributed by atoms with Gasteiger partial charge in [-0.3, -0.25) is 4.68 Å². The van der Waals surface area contributed by atoms with Crippen LogP contribution in [0.25, 0.3) is 39.1 Å². The Labute approximate surface area is 192 Å². The van der Waals surface area contributed by atoms with Gasteiger partial charge < -0.3 is 9.47 Å². The lowest BCUT2D eigenvalue weighted by Crippen LogP contribution is -1.96. The van der Waals surface area contributed by atoms with Crippen LogP contribution in [-0.2, 0) is 7.05 Å². The molecule has 0 aliphatic heterocycles. The van der Waals surface area contributed by atoms with Crippen molar-refractivity contribution in [1.82, 2.24) is 24.5 Å². The quantitative estimate of drug-likeness (QED) is 0.380. The summed E-state index contributed by atoms with van der Waals surface area (Å²) >= 11 is 0. The van der Waals surface area contributed by atoms with Gasteiger partial charge in [0.15, 0.2) is 0 Å². The molecule has 7 heteroatoms. The van der Waals surface area contributed by atoms with E-state index in [-0.39, 0.29) is 0 Å². The molecule has 0 fully saturated rings. The van der Waals surface area contributed by atoms with Crippen LogP contribution in [0, 0.1) is 13.8 Å². The number of rotatable bonds is 5. The maximum atomic E-state index is 5.69. The zero-order valence-electron chi connectivity index (χ0n) is 19.3. The van der Waals surface area contributed by atoms with Gasteiger partial charge in [0.2, 0.25) is 0 Å². The molecule has 0 aliphatic carbocycles. The van der Waals surface area contributed by atoms with E-state index in [1.165, 1.54) is 0 Å². The molecule has 0 saturated carbocycles. The summed E-state index contributed by atoms with van der Waals surface area (Å²) in [4.78, 5) is 4.90. The van der Waals surface area contributed by atoms with Crippen molar-refractivity contribution >= 4 is 11.0 Å². The van der Waals surface area contributed by atoms with Crippen molar-refractivity contribution < 1.29 is 9.47 Å². The first-order valence-corrected chi connectivity index (χ1v) is 10.7. The molecule has 0 amide bonds. The van der Waals surface area contributed by atoms with Crippen LogP contribution in [0.4, 0.5) is 0 Å². The van der Waals surface area contributed by atoms with Gasteiger partial charge in [0, 0.05) is 47.9 Å². The van der Waals surface area contributed by atoms with Gasteiger partial charge in [-0.1, -0.05) is 6.07 Å². The molecule has 0 unspecified atom stereocenters. The molecule has 166 valence electrons. The average Bonchev–Trinajstić information content (AvgIpc) is 3.47. The van der Waals surface area contributed by atoms with E-state index in [9.17, 15) is 0 Å². The fourth-order valence-electron chi connectivity index (χ4n) is 4.29. The Morgan fingerprint density at radius 3 is 2.39 bits per heavy atom. The van der Waals surface area contributed by atoms with E-state index in [4.69, 9.17) is 19.6 Å². The van der Waals surface area contributed by atoms with Crippen molar-refractivity contribution in [1.29, 1.82) is 0 Å². The first-order valence-electron chi connectivity index (χ1n) is 10.7. The van der Waals surface area contributed by atoms with Crippen LogP contribution in [0.1, 0.15) is 11.3 Å². The van der Waals surface area contributed by atoms with Crippen molar-refractivity contribution in [3.05, 3.63) is 72.2 Å². The second kappa shape index (κ2) is 8.09. The van der Waals surface area contributed by atoms with E-state index in [0.717, 1.165) is 61.9 Å². The van der Waals surface area contributed by atoms with Gasteiger partial charge in [0.25, 0.3) is 0 Å². The summed E-state index contributed by atoms with van der Waals surface area (Å²) in [5.41, 5.74) is 8.73. The number of pyridine rings is 1. The minimum Gasteiger partial charge on any atom is -0.497 e. The molecular weight excluding hydrogens is 414 g/mol. The van der Waals surface area contributed by atoms with Crippen LogP contribution in [0.15, 0.2) is 60.9 Å². The van der Waals surface area contributed by atoms with Crippen LogP contribution in [0.5, 0.6) is 11.5 Å². The third-order valence-corrected chi connectivity index (χ3v) is 5.85. The van der Waals surface area contributed by atoms with E-state index in [1.54, 1.807) is 20.4 Å². The van der Waals surface area contributed by atoms with E-state index in [1.807, 2.05) is 53.8 Å². The summed E-state index contributed by atoms with van der Waals surface area (Å²) in [6.45, 7) is 4.09. The van der Waals surface area contributed by atoms with Gasteiger partial charge in [0.1, 0.15) is 22.7 Å². The predicted molar refractivity (Wildman–Crippen MR) is 129 cm³/mol. The van der Waals surface area contributed by atoms with Gasteiger partial charge in [-0.15, -0.1) is 0 Å². The number of hydrogen-bond donors (Lipinski definition) is 0. The molecule has 3 heterocycles. The lowest BCUT2D eigenvalue weighted by Gasteiger charge is -2.13. The zero-order valence-corrected chi connectivity index (χ0v) is 19.3. The lowest BCUT2D eigenvalue weighted by molar-refractivity contribution is 0.395. The molecule has 0 bridgehead atoms. The predicted octanol–water partition coefficient (Wildman–Crippen LogP) is 5.12. The Morgan fingerprint density at radius 1 is 0.879 bits per heavy atom. The first kappa shape index (κ1) is 20.8. The second-order valence-electron chi connectivity index (χ2n) is 8.00. The Balaban J connectivity index is 1.71. The van der Waals surface area contributed by atoms with E-state index < -0.39 is 0 Å². The molecule has 0 aliphatic rings. The molecule has 7 nitrogen and oxygen atoms in total. The third-order valence-electron chi connectivity index (χ3n) is 5.85. The van der Waals surface area contributed by atoms with Gasteiger partial charge in [-0.25, -0.2) is 9.67 Å². The second-order valence-corrected chi connectivity index (χ2v) is 8.00. The van der Waals surface area contributed by atoms with E-state index in [2.05, 4.69) is 36.3 Å². The fraction of sp³-hybridized carbons (Fsp3) is 0.192. The third kappa shape index (κ3) is 3.51. The molecule has 5 rings (SSSR count). The molecule has 33 heavy (non-hydrogen) atoms. The maximum absolute atomic E-state index is 5.69. The van der Waals surface area contributed by atoms with Crippen LogP contribution in [0.2, 0.25) is 0 Å². The van der Waals surface area contributed by atoms with Crippen LogP contribution < -0.4 is 9.47 Å². The highest BCUT2D eigenvalue weighted by atomic mass is 16.5. The molecule has 0 spiro atoms. The number of fused-ring (bicyclic) bond motifs is 1. The molecule has 0 saturated heterocycles. The zero-order chi connectivity index (χ0) is 23.1. The minimum absolute atomic E-state index is 0.740. The molecule has 2 aromatic carbocycles. The normalized spacial score (nSPS) is 11.2. The summed E-state index contributed by atoms with van der Waals surface area (Å²) in [5.74, 6) is 1.49. The van der Waals surface area contributed by atoms with Gasteiger partial charge in [-0.2, -0.15) is 10.2 Å². The highest BCUT2D eigenvalue weighted by Gasteiger charge is 2.20.